The van der Waals surface area contributed by atoms with Crippen LogP contribution in [0.2, 0.25) is 0 Å². The average molecular weight is 642 g/mol. The van der Waals surface area contributed by atoms with E-state index in [9.17, 15) is 0 Å². The number of nitrogens with zero attached hydrogens (tertiary/aromatic N) is 2. The SMILES string of the molecule is Brc1ccc2c(c1)c1cc(Br)ccc1n2-c1ccc(-c2ccc(-n3c4ccccc4c4ccccc43)cc2)cc1. The molecule has 190 valence electrons. The van der Waals surface area contributed by atoms with Gasteiger partial charge in [-0.2, -0.15) is 0 Å². The predicted molar refractivity (Wildman–Crippen MR) is 176 cm³/mol. The van der Waals surface area contributed by atoms with Crippen LogP contribution in [0.15, 0.2) is 142 Å². The van der Waals surface area contributed by atoms with Gasteiger partial charge in [0.1, 0.15) is 0 Å². The van der Waals surface area contributed by atoms with Gasteiger partial charge in [-0.25, -0.2) is 0 Å². The van der Waals surface area contributed by atoms with Gasteiger partial charge < -0.3 is 9.13 Å². The summed E-state index contributed by atoms with van der Waals surface area (Å²) in [6.45, 7) is 0. The molecule has 0 aliphatic carbocycles. The smallest absolute Gasteiger partial charge is 0.0541 e. The highest BCUT2D eigenvalue weighted by atomic mass is 79.9. The minimum atomic E-state index is 1.08. The Labute approximate surface area is 248 Å². The highest BCUT2D eigenvalue weighted by Gasteiger charge is 2.14. The van der Waals surface area contributed by atoms with Crippen LogP contribution in [0.1, 0.15) is 0 Å². The van der Waals surface area contributed by atoms with E-state index in [1.807, 2.05) is 0 Å². The molecule has 8 rings (SSSR count). The first-order valence-corrected chi connectivity index (χ1v) is 14.8. The maximum absolute atomic E-state index is 3.66. The molecule has 4 heteroatoms. The molecule has 2 heterocycles. The van der Waals surface area contributed by atoms with E-state index in [1.165, 1.54) is 60.4 Å². The first-order chi connectivity index (χ1) is 19.7. The van der Waals surface area contributed by atoms with E-state index in [0.717, 1.165) is 14.6 Å². The van der Waals surface area contributed by atoms with Gasteiger partial charge in [-0.1, -0.05) is 92.5 Å². The maximum Gasteiger partial charge on any atom is 0.0541 e. The Bertz CT molecular complexity index is 2110. The van der Waals surface area contributed by atoms with Crippen LogP contribution in [0.3, 0.4) is 0 Å². The lowest BCUT2D eigenvalue weighted by molar-refractivity contribution is 1.18. The van der Waals surface area contributed by atoms with Gasteiger partial charge in [-0.3, -0.25) is 0 Å². The number of rotatable bonds is 3. The number of benzene rings is 6. The van der Waals surface area contributed by atoms with Crippen molar-refractivity contribution >= 4 is 75.5 Å². The third kappa shape index (κ3) is 3.67. The van der Waals surface area contributed by atoms with Crippen molar-refractivity contribution in [2.24, 2.45) is 0 Å². The largest absolute Gasteiger partial charge is 0.309 e. The molecule has 2 aromatic heterocycles. The zero-order valence-electron chi connectivity index (χ0n) is 21.4. The minimum absolute atomic E-state index is 1.08. The van der Waals surface area contributed by atoms with E-state index >= 15 is 0 Å². The molecule has 6 aromatic carbocycles. The van der Waals surface area contributed by atoms with Crippen LogP contribution in [0.5, 0.6) is 0 Å². The predicted octanol–water partition coefficient (Wildman–Crippen LogP) is 11.1. The molecule has 0 atom stereocenters. The number of aromatic nitrogens is 2. The molecule has 0 saturated heterocycles. The standard InChI is InChI=1S/C36H22Br2N2/c37-25-13-19-35-31(21-25)32-22-26(38)14-20-36(32)40(35)28-17-11-24(12-18-28)23-9-15-27(16-10-23)39-33-7-3-1-5-29(33)30-6-2-4-8-34(30)39/h1-22H. The lowest BCUT2D eigenvalue weighted by Gasteiger charge is -2.11. The number of hydrogen-bond acceptors (Lipinski definition) is 0. The lowest BCUT2D eigenvalue weighted by atomic mass is 10.0. The fraction of sp³-hybridized carbons (Fsp3) is 0. The fourth-order valence-electron chi connectivity index (χ4n) is 6.05. The van der Waals surface area contributed by atoms with Crippen molar-refractivity contribution < 1.29 is 0 Å². The molecule has 0 spiro atoms. The summed E-state index contributed by atoms with van der Waals surface area (Å²) < 4.78 is 6.87. The second-order valence-electron chi connectivity index (χ2n) is 10.1. The topological polar surface area (TPSA) is 9.86 Å². The van der Waals surface area contributed by atoms with Gasteiger partial charge in [0, 0.05) is 41.9 Å². The summed E-state index contributed by atoms with van der Waals surface area (Å²) in [4.78, 5) is 0. The molecule has 0 amide bonds. The number of halogens is 2. The Morgan fingerprint density at radius 3 is 1.15 bits per heavy atom. The summed E-state index contributed by atoms with van der Waals surface area (Å²) >= 11 is 7.31. The van der Waals surface area contributed by atoms with Crippen molar-refractivity contribution in [1.82, 2.24) is 9.13 Å². The summed E-state index contributed by atoms with van der Waals surface area (Å²) in [5, 5.41) is 5.02. The first-order valence-electron chi connectivity index (χ1n) is 13.2. The van der Waals surface area contributed by atoms with E-state index in [0.29, 0.717) is 0 Å². The number of hydrogen-bond donors (Lipinski definition) is 0. The van der Waals surface area contributed by atoms with Crippen molar-refractivity contribution in [3.05, 3.63) is 142 Å². The van der Waals surface area contributed by atoms with Crippen LogP contribution < -0.4 is 0 Å². The second-order valence-corrected chi connectivity index (χ2v) is 12.0. The van der Waals surface area contributed by atoms with Crippen molar-refractivity contribution in [2.45, 2.75) is 0 Å². The van der Waals surface area contributed by atoms with Crippen LogP contribution in [-0.2, 0) is 0 Å². The monoisotopic (exact) mass is 640 g/mol. The van der Waals surface area contributed by atoms with E-state index in [2.05, 4.69) is 174 Å². The Morgan fingerprint density at radius 1 is 0.350 bits per heavy atom. The van der Waals surface area contributed by atoms with E-state index in [4.69, 9.17) is 0 Å². The van der Waals surface area contributed by atoms with Crippen molar-refractivity contribution in [3.8, 4) is 22.5 Å². The molecule has 0 unspecified atom stereocenters. The van der Waals surface area contributed by atoms with Gasteiger partial charge in [-0.15, -0.1) is 0 Å². The number of fused-ring (bicyclic) bond motifs is 6. The molecule has 0 fully saturated rings. The van der Waals surface area contributed by atoms with Crippen LogP contribution >= 0.6 is 31.9 Å². The Balaban J connectivity index is 1.20. The third-order valence-corrected chi connectivity index (χ3v) is 8.84. The highest BCUT2D eigenvalue weighted by molar-refractivity contribution is 9.10. The van der Waals surface area contributed by atoms with E-state index in [-0.39, 0.29) is 0 Å². The highest BCUT2D eigenvalue weighted by Crippen LogP contribution is 2.36. The molecule has 8 aromatic rings. The number of para-hydroxylation sites is 2. The van der Waals surface area contributed by atoms with Gasteiger partial charge in [0.2, 0.25) is 0 Å². The zero-order valence-corrected chi connectivity index (χ0v) is 24.5. The Kier molecular flexibility index (Phi) is 5.48. The van der Waals surface area contributed by atoms with Crippen LogP contribution in [0.25, 0.3) is 66.1 Å². The summed E-state index contributed by atoms with van der Waals surface area (Å²) in [5.74, 6) is 0. The Hall–Kier alpha value is -4.12. The molecule has 0 bridgehead atoms. The zero-order chi connectivity index (χ0) is 26.8. The molecular weight excluding hydrogens is 620 g/mol. The fourth-order valence-corrected chi connectivity index (χ4v) is 6.77. The van der Waals surface area contributed by atoms with Gasteiger partial charge in [0.15, 0.2) is 0 Å². The molecule has 0 aliphatic heterocycles. The lowest BCUT2D eigenvalue weighted by Crippen LogP contribution is -1.94. The van der Waals surface area contributed by atoms with Crippen LogP contribution in [0, 0.1) is 0 Å². The quantitative estimate of drug-likeness (QED) is 0.182. The van der Waals surface area contributed by atoms with Gasteiger partial charge >= 0.3 is 0 Å². The molecule has 0 radical (unpaired) electrons. The van der Waals surface area contributed by atoms with Crippen molar-refractivity contribution in [2.75, 3.05) is 0 Å². The van der Waals surface area contributed by atoms with E-state index in [1.54, 1.807) is 0 Å². The summed E-state index contributed by atoms with van der Waals surface area (Å²) in [6, 6.07) is 48.1. The molecule has 0 N–H and O–H groups in total. The average Bonchev–Trinajstić information content (AvgIpc) is 3.50. The molecule has 40 heavy (non-hydrogen) atoms. The van der Waals surface area contributed by atoms with Crippen LogP contribution in [-0.4, -0.2) is 9.13 Å². The Morgan fingerprint density at radius 2 is 0.725 bits per heavy atom. The second kappa shape index (κ2) is 9.22. The normalized spacial score (nSPS) is 11.8. The molecule has 0 saturated carbocycles. The third-order valence-electron chi connectivity index (χ3n) is 7.85. The van der Waals surface area contributed by atoms with E-state index < -0.39 is 0 Å². The maximum atomic E-state index is 3.66. The van der Waals surface area contributed by atoms with Gasteiger partial charge in [0.25, 0.3) is 0 Å². The summed E-state index contributed by atoms with van der Waals surface area (Å²) in [5.41, 5.74) is 9.56. The van der Waals surface area contributed by atoms with Crippen molar-refractivity contribution in [1.29, 1.82) is 0 Å². The van der Waals surface area contributed by atoms with Gasteiger partial charge in [-0.05, 0) is 83.9 Å². The van der Waals surface area contributed by atoms with Gasteiger partial charge in [0.05, 0.1) is 22.1 Å². The molecule has 0 aliphatic rings. The molecular formula is C36H22Br2N2. The van der Waals surface area contributed by atoms with Crippen molar-refractivity contribution in [3.63, 3.8) is 0 Å². The molecule has 2 nitrogen and oxygen atoms in total. The first kappa shape index (κ1) is 23.7. The minimum Gasteiger partial charge on any atom is -0.309 e. The summed E-state index contributed by atoms with van der Waals surface area (Å²) in [6.07, 6.45) is 0. The summed E-state index contributed by atoms with van der Waals surface area (Å²) in [7, 11) is 0. The van der Waals surface area contributed by atoms with Crippen LogP contribution in [0.4, 0.5) is 0 Å².